The zero-order chi connectivity index (χ0) is 14.2. The van der Waals surface area contributed by atoms with Gasteiger partial charge >= 0.3 is 0 Å². The Bertz CT molecular complexity index is 492. The van der Waals surface area contributed by atoms with Crippen LogP contribution in [0.5, 0.6) is 0 Å². The number of aromatic nitrogens is 2. The minimum atomic E-state index is 0.185. The molecule has 1 atom stereocenters. The van der Waals surface area contributed by atoms with E-state index in [-0.39, 0.29) is 6.04 Å². The molecule has 0 bridgehead atoms. The molecule has 3 N–H and O–H groups in total. The SMILES string of the molecule is CCCn1cc(C(CCCc2ccccc2)NN)cn1. The molecule has 0 fully saturated rings. The molecular formula is C16H24N4. The molecule has 4 heteroatoms. The Morgan fingerprint density at radius 2 is 2.10 bits per heavy atom. The quantitative estimate of drug-likeness (QED) is 0.574. The minimum Gasteiger partial charge on any atom is -0.272 e. The smallest absolute Gasteiger partial charge is 0.0538 e. The van der Waals surface area contributed by atoms with Crippen molar-refractivity contribution in [2.24, 2.45) is 5.84 Å². The first-order chi connectivity index (χ1) is 9.83. The van der Waals surface area contributed by atoms with Gasteiger partial charge in [0.15, 0.2) is 0 Å². The molecule has 20 heavy (non-hydrogen) atoms. The van der Waals surface area contributed by atoms with Crippen molar-refractivity contribution in [3.05, 3.63) is 53.9 Å². The molecule has 0 spiro atoms. The molecule has 1 aromatic heterocycles. The van der Waals surface area contributed by atoms with Crippen LogP contribution in [0.3, 0.4) is 0 Å². The molecule has 1 heterocycles. The van der Waals surface area contributed by atoms with Crippen molar-refractivity contribution < 1.29 is 0 Å². The van der Waals surface area contributed by atoms with Crippen molar-refractivity contribution in [2.45, 2.75) is 45.2 Å². The van der Waals surface area contributed by atoms with Crippen molar-refractivity contribution in [3.8, 4) is 0 Å². The summed E-state index contributed by atoms with van der Waals surface area (Å²) in [5.74, 6) is 5.68. The molecule has 0 aliphatic rings. The molecule has 1 unspecified atom stereocenters. The lowest BCUT2D eigenvalue weighted by Gasteiger charge is -2.13. The number of nitrogens with zero attached hydrogens (tertiary/aromatic N) is 2. The van der Waals surface area contributed by atoms with Crippen molar-refractivity contribution in [2.75, 3.05) is 0 Å². The summed E-state index contributed by atoms with van der Waals surface area (Å²) in [4.78, 5) is 0. The van der Waals surface area contributed by atoms with E-state index in [4.69, 9.17) is 5.84 Å². The summed E-state index contributed by atoms with van der Waals surface area (Å²) >= 11 is 0. The lowest BCUT2D eigenvalue weighted by Crippen LogP contribution is -2.27. The number of hydrazine groups is 1. The highest BCUT2D eigenvalue weighted by atomic mass is 15.3. The summed E-state index contributed by atoms with van der Waals surface area (Å²) in [5.41, 5.74) is 5.46. The maximum Gasteiger partial charge on any atom is 0.0538 e. The van der Waals surface area contributed by atoms with Crippen molar-refractivity contribution >= 4 is 0 Å². The third kappa shape index (κ3) is 4.18. The maximum absolute atomic E-state index is 5.68. The molecule has 0 amide bonds. The van der Waals surface area contributed by atoms with Gasteiger partial charge in [-0.2, -0.15) is 5.10 Å². The predicted molar refractivity (Wildman–Crippen MR) is 82.0 cm³/mol. The van der Waals surface area contributed by atoms with Crippen LogP contribution in [-0.2, 0) is 13.0 Å². The van der Waals surface area contributed by atoms with Gasteiger partial charge in [-0.25, -0.2) is 0 Å². The van der Waals surface area contributed by atoms with Crippen LogP contribution in [-0.4, -0.2) is 9.78 Å². The van der Waals surface area contributed by atoms with E-state index >= 15 is 0 Å². The largest absolute Gasteiger partial charge is 0.272 e. The van der Waals surface area contributed by atoms with Crippen LogP contribution >= 0.6 is 0 Å². The van der Waals surface area contributed by atoms with Gasteiger partial charge in [-0.15, -0.1) is 0 Å². The lowest BCUT2D eigenvalue weighted by atomic mass is 10.0. The second-order valence-corrected chi connectivity index (χ2v) is 5.13. The summed E-state index contributed by atoms with van der Waals surface area (Å²) in [6, 6.07) is 10.7. The van der Waals surface area contributed by atoms with Gasteiger partial charge in [0.2, 0.25) is 0 Å². The topological polar surface area (TPSA) is 55.9 Å². The van der Waals surface area contributed by atoms with E-state index in [1.54, 1.807) is 0 Å². The van der Waals surface area contributed by atoms with E-state index in [2.05, 4.69) is 54.0 Å². The van der Waals surface area contributed by atoms with Crippen molar-refractivity contribution in [3.63, 3.8) is 0 Å². The van der Waals surface area contributed by atoms with Crippen molar-refractivity contribution in [1.29, 1.82) is 0 Å². The third-order valence-corrected chi connectivity index (χ3v) is 3.51. The number of nitrogens with two attached hydrogens (primary N) is 1. The normalized spacial score (nSPS) is 12.5. The van der Waals surface area contributed by atoms with E-state index < -0.39 is 0 Å². The Morgan fingerprint density at radius 3 is 2.80 bits per heavy atom. The predicted octanol–water partition coefficient (Wildman–Crippen LogP) is 2.82. The van der Waals surface area contributed by atoms with Gasteiger partial charge in [0.05, 0.1) is 6.20 Å². The van der Waals surface area contributed by atoms with E-state index in [0.29, 0.717) is 0 Å². The van der Waals surface area contributed by atoms with Crippen LogP contribution in [0.25, 0.3) is 0 Å². The summed E-state index contributed by atoms with van der Waals surface area (Å²) in [6.45, 7) is 3.11. The van der Waals surface area contributed by atoms with Gasteiger partial charge in [0, 0.05) is 24.3 Å². The summed E-state index contributed by atoms with van der Waals surface area (Å²) < 4.78 is 1.98. The zero-order valence-electron chi connectivity index (χ0n) is 12.1. The summed E-state index contributed by atoms with van der Waals surface area (Å²) in [7, 11) is 0. The Morgan fingerprint density at radius 1 is 1.30 bits per heavy atom. The van der Waals surface area contributed by atoms with E-state index in [9.17, 15) is 0 Å². The monoisotopic (exact) mass is 272 g/mol. The Hall–Kier alpha value is -1.65. The molecule has 4 nitrogen and oxygen atoms in total. The highest BCUT2D eigenvalue weighted by molar-refractivity contribution is 5.15. The number of benzene rings is 1. The van der Waals surface area contributed by atoms with E-state index in [1.165, 1.54) is 11.1 Å². The van der Waals surface area contributed by atoms with Crippen LogP contribution in [0.1, 0.15) is 43.4 Å². The highest BCUT2D eigenvalue weighted by Gasteiger charge is 2.11. The maximum atomic E-state index is 5.68. The van der Waals surface area contributed by atoms with Gasteiger partial charge in [-0.3, -0.25) is 16.0 Å². The number of aryl methyl sites for hydroxylation is 2. The molecule has 0 radical (unpaired) electrons. The zero-order valence-corrected chi connectivity index (χ0v) is 12.1. The first-order valence-electron chi connectivity index (χ1n) is 7.36. The highest BCUT2D eigenvalue weighted by Crippen LogP contribution is 2.18. The van der Waals surface area contributed by atoms with Crippen LogP contribution < -0.4 is 11.3 Å². The Balaban J connectivity index is 1.85. The van der Waals surface area contributed by atoms with Gasteiger partial charge in [-0.1, -0.05) is 37.3 Å². The number of hydrogen-bond donors (Lipinski definition) is 2. The minimum absolute atomic E-state index is 0.185. The number of hydrogen-bond acceptors (Lipinski definition) is 3. The Kier molecular flexibility index (Phi) is 5.77. The van der Waals surface area contributed by atoms with Gasteiger partial charge in [0.1, 0.15) is 0 Å². The van der Waals surface area contributed by atoms with E-state index in [1.807, 2.05) is 10.9 Å². The third-order valence-electron chi connectivity index (χ3n) is 3.51. The second-order valence-electron chi connectivity index (χ2n) is 5.13. The fourth-order valence-electron chi connectivity index (χ4n) is 2.41. The molecule has 2 aromatic rings. The van der Waals surface area contributed by atoms with Crippen LogP contribution in [0.2, 0.25) is 0 Å². The fraction of sp³-hybridized carbons (Fsp3) is 0.438. The van der Waals surface area contributed by atoms with Crippen LogP contribution in [0.15, 0.2) is 42.7 Å². The molecule has 0 aliphatic carbocycles. The van der Waals surface area contributed by atoms with Crippen LogP contribution in [0.4, 0.5) is 0 Å². The lowest BCUT2D eigenvalue weighted by molar-refractivity contribution is 0.497. The second kappa shape index (κ2) is 7.82. The molecule has 108 valence electrons. The molecule has 1 aromatic carbocycles. The summed E-state index contributed by atoms with van der Waals surface area (Å²) in [5, 5.41) is 4.36. The number of nitrogens with one attached hydrogen (secondary N) is 1. The first-order valence-corrected chi connectivity index (χ1v) is 7.36. The van der Waals surface area contributed by atoms with Gasteiger partial charge in [-0.05, 0) is 31.2 Å². The molecule has 2 rings (SSSR count). The van der Waals surface area contributed by atoms with E-state index in [0.717, 1.165) is 32.2 Å². The fourth-order valence-corrected chi connectivity index (χ4v) is 2.41. The Labute approximate surface area is 121 Å². The first kappa shape index (κ1) is 14.8. The van der Waals surface area contributed by atoms with Crippen LogP contribution in [0, 0.1) is 0 Å². The van der Waals surface area contributed by atoms with Crippen molar-refractivity contribution in [1.82, 2.24) is 15.2 Å². The molecule has 0 aliphatic heterocycles. The number of rotatable bonds is 8. The standard InChI is InChI=1S/C16H24N4/c1-2-11-20-13-15(12-18-20)16(19-17)10-6-9-14-7-4-3-5-8-14/h3-5,7-8,12-13,16,19H,2,6,9-11,17H2,1H3. The molecule has 0 saturated carbocycles. The average molecular weight is 272 g/mol. The molecule has 0 saturated heterocycles. The molecular weight excluding hydrogens is 248 g/mol. The summed E-state index contributed by atoms with van der Waals surface area (Å²) in [6.07, 6.45) is 8.32. The van der Waals surface area contributed by atoms with Gasteiger partial charge in [0.25, 0.3) is 0 Å². The average Bonchev–Trinajstić information content (AvgIpc) is 2.94. The van der Waals surface area contributed by atoms with Gasteiger partial charge < -0.3 is 0 Å².